The van der Waals surface area contributed by atoms with Crippen LogP contribution in [-0.4, -0.2) is 52.8 Å². The maximum Gasteiger partial charge on any atom is 0.289 e. The molecule has 0 bridgehead atoms. The van der Waals surface area contributed by atoms with E-state index in [0.29, 0.717) is 43.9 Å². The first-order valence-electron chi connectivity index (χ1n) is 8.65. The predicted octanol–water partition coefficient (Wildman–Crippen LogP) is 2.35. The number of amides is 2. The molecule has 0 aliphatic carbocycles. The first kappa shape index (κ1) is 16.3. The maximum atomic E-state index is 12.7. The highest BCUT2D eigenvalue weighted by Gasteiger charge is 2.26. The first-order chi connectivity index (χ1) is 12.7. The summed E-state index contributed by atoms with van der Waals surface area (Å²) >= 11 is 0. The highest BCUT2D eigenvalue weighted by atomic mass is 16.3. The summed E-state index contributed by atoms with van der Waals surface area (Å²) in [6, 6.07) is 13.1. The van der Waals surface area contributed by atoms with E-state index in [-0.39, 0.29) is 11.8 Å². The molecule has 132 valence electrons. The molecular formula is C20H19N3O3. The van der Waals surface area contributed by atoms with Crippen LogP contribution in [0.15, 0.2) is 59.3 Å². The lowest BCUT2D eigenvalue weighted by Gasteiger charge is -2.34. The number of carbonyl (C=O) groups excluding carboxylic acids is 2. The summed E-state index contributed by atoms with van der Waals surface area (Å²) in [6.45, 7) is 2.08. The van der Waals surface area contributed by atoms with Gasteiger partial charge in [0.05, 0.1) is 6.42 Å². The monoisotopic (exact) mass is 349 g/mol. The summed E-state index contributed by atoms with van der Waals surface area (Å²) in [4.78, 5) is 32.6. The molecule has 6 heteroatoms. The number of carbonyl (C=O) groups is 2. The van der Waals surface area contributed by atoms with Crippen molar-refractivity contribution in [2.45, 2.75) is 6.42 Å². The standard InChI is InChI=1S/C20H19N3O3/c24-19(12-15-4-3-7-21-14-15)22-8-10-23(11-9-22)20(25)18-13-16-5-1-2-6-17(16)26-18/h1-7,13-14H,8-12H2. The number of aromatic nitrogens is 1. The van der Waals surface area contributed by atoms with Crippen molar-refractivity contribution in [1.82, 2.24) is 14.8 Å². The number of hydrogen-bond donors (Lipinski definition) is 0. The van der Waals surface area contributed by atoms with Crippen molar-refractivity contribution in [3.05, 3.63) is 66.2 Å². The summed E-state index contributed by atoms with van der Waals surface area (Å²) in [5, 5.41) is 0.918. The average Bonchev–Trinajstić information content (AvgIpc) is 3.12. The molecule has 1 aliphatic rings. The lowest BCUT2D eigenvalue weighted by Crippen LogP contribution is -2.50. The lowest BCUT2D eigenvalue weighted by molar-refractivity contribution is -0.131. The number of hydrogen-bond acceptors (Lipinski definition) is 4. The molecule has 3 aromatic rings. The van der Waals surface area contributed by atoms with Crippen LogP contribution in [0, 0.1) is 0 Å². The molecule has 2 aromatic heterocycles. The third-order valence-corrected chi connectivity index (χ3v) is 4.63. The van der Waals surface area contributed by atoms with Gasteiger partial charge in [-0.05, 0) is 23.8 Å². The van der Waals surface area contributed by atoms with Crippen molar-refractivity contribution < 1.29 is 14.0 Å². The molecule has 26 heavy (non-hydrogen) atoms. The molecule has 0 saturated carbocycles. The van der Waals surface area contributed by atoms with Crippen molar-refractivity contribution in [2.75, 3.05) is 26.2 Å². The van der Waals surface area contributed by atoms with E-state index in [9.17, 15) is 9.59 Å². The second-order valence-electron chi connectivity index (χ2n) is 6.36. The molecule has 1 aromatic carbocycles. The van der Waals surface area contributed by atoms with Crippen LogP contribution in [0.3, 0.4) is 0 Å². The Labute approximate surface area is 151 Å². The number of benzene rings is 1. The second-order valence-corrected chi connectivity index (χ2v) is 6.36. The van der Waals surface area contributed by atoms with E-state index in [4.69, 9.17) is 4.42 Å². The topological polar surface area (TPSA) is 66.7 Å². The smallest absolute Gasteiger partial charge is 0.289 e. The number of rotatable bonds is 3. The Morgan fingerprint density at radius 3 is 2.50 bits per heavy atom. The Kier molecular flexibility index (Phi) is 4.39. The summed E-state index contributed by atoms with van der Waals surface area (Å²) < 4.78 is 5.66. The largest absolute Gasteiger partial charge is 0.451 e. The van der Waals surface area contributed by atoms with Crippen LogP contribution in [0.4, 0.5) is 0 Å². The van der Waals surface area contributed by atoms with Crippen molar-refractivity contribution in [1.29, 1.82) is 0 Å². The maximum absolute atomic E-state index is 12.7. The number of furan rings is 1. The third-order valence-electron chi connectivity index (χ3n) is 4.63. The van der Waals surface area contributed by atoms with Crippen LogP contribution in [0.5, 0.6) is 0 Å². The fourth-order valence-electron chi connectivity index (χ4n) is 3.19. The Morgan fingerprint density at radius 2 is 1.77 bits per heavy atom. The Morgan fingerprint density at radius 1 is 1.00 bits per heavy atom. The summed E-state index contributed by atoms with van der Waals surface area (Å²) in [5.41, 5.74) is 1.61. The van der Waals surface area contributed by atoms with E-state index in [1.54, 1.807) is 28.3 Å². The molecule has 4 rings (SSSR count). The molecule has 0 spiro atoms. The van der Waals surface area contributed by atoms with Gasteiger partial charge in [0.1, 0.15) is 5.58 Å². The van der Waals surface area contributed by atoms with Gasteiger partial charge in [-0.3, -0.25) is 14.6 Å². The molecule has 1 saturated heterocycles. The first-order valence-corrected chi connectivity index (χ1v) is 8.65. The minimum Gasteiger partial charge on any atom is -0.451 e. The summed E-state index contributed by atoms with van der Waals surface area (Å²) in [7, 11) is 0. The molecule has 1 fully saturated rings. The van der Waals surface area contributed by atoms with Crippen LogP contribution >= 0.6 is 0 Å². The van der Waals surface area contributed by atoms with Crippen LogP contribution in [0.1, 0.15) is 16.1 Å². The van der Waals surface area contributed by atoms with Gasteiger partial charge >= 0.3 is 0 Å². The number of para-hydroxylation sites is 1. The number of fused-ring (bicyclic) bond motifs is 1. The summed E-state index contributed by atoms with van der Waals surface area (Å²) in [6.07, 6.45) is 3.74. The van der Waals surface area contributed by atoms with Crippen molar-refractivity contribution in [3.63, 3.8) is 0 Å². The fourth-order valence-corrected chi connectivity index (χ4v) is 3.19. The van der Waals surface area contributed by atoms with Crippen LogP contribution in [0.2, 0.25) is 0 Å². The van der Waals surface area contributed by atoms with Gasteiger partial charge in [0.2, 0.25) is 5.91 Å². The molecular weight excluding hydrogens is 330 g/mol. The van der Waals surface area contributed by atoms with Gasteiger partial charge in [0, 0.05) is 44.0 Å². The molecule has 3 heterocycles. The fraction of sp³-hybridized carbons (Fsp3) is 0.250. The molecule has 0 N–H and O–H groups in total. The average molecular weight is 349 g/mol. The zero-order valence-electron chi connectivity index (χ0n) is 14.3. The van der Waals surface area contributed by atoms with Crippen LogP contribution < -0.4 is 0 Å². The molecule has 2 amide bonds. The number of pyridine rings is 1. The molecule has 0 atom stereocenters. The van der Waals surface area contributed by atoms with E-state index < -0.39 is 0 Å². The van der Waals surface area contributed by atoms with Crippen molar-refractivity contribution in [2.24, 2.45) is 0 Å². The predicted molar refractivity (Wildman–Crippen MR) is 96.6 cm³/mol. The van der Waals surface area contributed by atoms with Gasteiger partial charge in [-0.25, -0.2) is 0 Å². The summed E-state index contributed by atoms with van der Waals surface area (Å²) in [5.74, 6) is 0.288. The zero-order chi connectivity index (χ0) is 17.9. The number of piperazine rings is 1. The highest BCUT2D eigenvalue weighted by molar-refractivity contribution is 5.96. The van der Waals surface area contributed by atoms with Gasteiger partial charge in [0.25, 0.3) is 5.91 Å². The number of nitrogens with zero attached hydrogens (tertiary/aromatic N) is 3. The Bertz CT molecular complexity index is 895. The van der Waals surface area contributed by atoms with Crippen molar-refractivity contribution in [3.8, 4) is 0 Å². The van der Waals surface area contributed by atoms with Gasteiger partial charge in [-0.1, -0.05) is 24.3 Å². The molecule has 1 aliphatic heterocycles. The van der Waals surface area contributed by atoms with E-state index in [1.165, 1.54) is 0 Å². The van der Waals surface area contributed by atoms with Crippen LogP contribution in [-0.2, 0) is 11.2 Å². The van der Waals surface area contributed by atoms with E-state index in [2.05, 4.69) is 4.98 Å². The normalized spacial score (nSPS) is 14.6. The zero-order valence-corrected chi connectivity index (χ0v) is 14.3. The SMILES string of the molecule is O=C(Cc1cccnc1)N1CCN(C(=O)c2cc3ccccc3o2)CC1. The second kappa shape index (κ2) is 7.00. The lowest BCUT2D eigenvalue weighted by atomic mass is 10.2. The molecule has 0 unspecified atom stereocenters. The van der Waals surface area contributed by atoms with Crippen molar-refractivity contribution >= 4 is 22.8 Å². The molecule has 6 nitrogen and oxygen atoms in total. The minimum absolute atomic E-state index is 0.0637. The Balaban J connectivity index is 1.37. The van der Waals surface area contributed by atoms with E-state index >= 15 is 0 Å². The quantitative estimate of drug-likeness (QED) is 0.728. The van der Waals surface area contributed by atoms with Gasteiger partial charge < -0.3 is 14.2 Å². The van der Waals surface area contributed by atoms with Crippen LogP contribution in [0.25, 0.3) is 11.0 Å². The minimum atomic E-state index is -0.124. The molecule has 0 radical (unpaired) electrons. The van der Waals surface area contributed by atoms with Gasteiger partial charge in [-0.15, -0.1) is 0 Å². The van der Waals surface area contributed by atoms with E-state index in [1.807, 2.05) is 36.4 Å². The third kappa shape index (κ3) is 3.31. The van der Waals surface area contributed by atoms with Gasteiger partial charge in [0.15, 0.2) is 5.76 Å². The van der Waals surface area contributed by atoms with E-state index in [0.717, 1.165) is 10.9 Å². The Hall–Kier alpha value is -3.15. The van der Waals surface area contributed by atoms with Gasteiger partial charge in [-0.2, -0.15) is 0 Å². The highest BCUT2D eigenvalue weighted by Crippen LogP contribution is 2.20.